The average molecular weight is 398 g/mol. The van der Waals surface area contributed by atoms with E-state index in [0.29, 0.717) is 12.8 Å². The Morgan fingerprint density at radius 1 is 1.04 bits per heavy atom. The zero-order valence-electron chi connectivity index (χ0n) is 18.0. The molecule has 3 unspecified atom stereocenters. The fourth-order valence-electron chi connectivity index (χ4n) is 4.28. The predicted octanol–water partition coefficient (Wildman–Crippen LogP) is 3.71. The summed E-state index contributed by atoms with van der Waals surface area (Å²) >= 11 is 0. The number of unbranched alkanes of at least 4 members (excludes halogenated alkanes) is 5. The van der Waals surface area contributed by atoms with E-state index in [9.17, 15) is 20.1 Å². The largest absolute Gasteiger partial charge is 0.393 e. The van der Waals surface area contributed by atoms with Crippen LogP contribution in [0.5, 0.6) is 0 Å². The Labute approximate surface area is 171 Å². The first kappa shape index (κ1) is 25.1. The number of hydrogen-bond donors (Lipinski definition) is 4. The van der Waals surface area contributed by atoms with Gasteiger partial charge >= 0.3 is 0 Å². The van der Waals surface area contributed by atoms with Gasteiger partial charge in [-0.15, -0.1) is 0 Å². The van der Waals surface area contributed by atoms with Crippen LogP contribution in [0.25, 0.3) is 0 Å². The minimum Gasteiger partial charge on any atom is -0.393 e. The molecule has 0 aromatic carbocycles. The zero-order chi connectivity index (χ0) is 20.8. The molecule has 5 nitrogen and oxygen atoms in total. The Morgan fingerprint density at radius 2 is 1.71 bits per heavy atom. The Bertz CT molecular complexity index is 440. The van der Waals surface area contributed by atoms with Gasteiger partial charge in [0.25, 0.3) is 0 Å². The van der Waals surface area contributed by atoms with Crippen LogP contribution < -0.4 is 5.32 Å². The second-order valence-electron chi connectivity index (χ2n) is 8.38. The third-order valence-corrected chi connectivity index (χ3v) is 6.20. The number of amides is 1. The van der Waals surface area contributed by atoms with Crippen molar-refractivity contribution in [2.75, 3.05) is 7.05 Å². The van der Waals surface area contributed by atoms with Gasteiger partial charge in [-0.1, -0.05) is 51.2 Å². The maximum absolute atomic E-state index is 11.2. The van der Waals surface area contributed by atoms with Crippen molar-refractivity contribution in [1.82, 2.24) is 5.32 Å². The van der Waals surface area contributed by atoms with Crippen LogP contribution in [0.4, 0.5) is 0 Å². The first-order valence-electron chi connectivity index (χ1n) is 11.4. The van der Waals surface area contributed by atoms with E-state index in [1.165, 1.54) is 6.42 Å². The van der Waals surface area contributed by atoms with Crippen LogP contribution in [0.2, 0.25) is 0 Å². The second kappa shape index (κ2) is 15.0. The summed E-state index contributed by atoms with van der Waals surface area (Å²) < 4.78 is 0. The number of nitrogens with one attached hydrogen (secondary N) is 1. The van der Waals surface area contributed by atoms with Gasteiger partial charge in [0.1, 0.15) is 0 Å². The molecule has 5 heteroatoms. The molecule has 28 heavy (non-hydrogen) atoms. The molecule has 0 aromatic heterocycles. The summed E-state index contributed by atoms with van der Waals surface area (Å²) in [6, 6.07) is 0. The van der Waals surface area contributed by atoms with Crippen molar-refractivity contribution in [1.29, 1.82) is 0 Å². The highest BCUT2D eigenvalue weighted by Crippen LogP contribution is 2.38. The van der Waals surface area contributed by atoms with Crippen LogP contribution in [0, 0.1) is 11.8 Å². The van der Waals surface area contributed by atoms with Crippen LogP contribution in [-0.4, -0.2) is 46.6 Å². The van der Waals surface area contributed by atoms with Crippen LogP contribution >= 0.6 is 0 Å². The number of hydrogen-bond acceptors (Lipinski definition) is 4. The molecule has 0 saturated heterocycles. The second-order valence-corrected chi connectivity index (χ2v) is 8.38. The molecule has 1 aliphatic carbocycles. The maximum atomic E-state index is 11.2. The summed E-state index contributed by atoms with van der Waals surface area (Å²) in [7, 11) is 1.65. The van der Waals surface area contributed by atoms with Crippen LogP contribution in [0.1, 0.15) is 90.4 Å². The molecule has 164 valence electrons. The minimum absolute atomic E-state index is 0.0735. The summed E-state index contributed by atoms with van der Waals surface area (Å²) in [6.07, 6.45) is 15.2. The summed E-state index contributed by atoms with van der Waals surface area (Å²) in [5.74, 6) is 0.404. The first-order chi connectivity index (χ1) is 13.5. The van der Waals surface area contributed by atoms with E-state index in [-0.39, 0.29) is 30.0 Å². The predicted molar refractivity (Wildman–Crippen MR) is 114 cm³/mol. The van der Waals surface area contributed by atoms with Crippen LogP contribution in [0.15, 0.2) is 12.2 Å². The molecule has 1 amide bonds. The third kappa shape index (κ3) is 10.0. The fourth-order valence-corrected chi connectivity index (χ4v) is 4.28. The summed E-state index contributed by atoms with van der Waals surface area (Å²) in [5, 5.41) is 32.8. The van der Waals surface area contributed by atoms with Crippen molar-refractivity contribution in [3.63, 3.8) is 0 Å². The average Bonchev–Trinajstić information content (AvgIpc) is 2.95. The molecule has 1 aliphatic rings. The maximum Gasteiger partial charge on any atom is 0.219 e. The molecule has 0 bridgehead atoms. The van der Waals surface area contributed by atoms with Gasteiger partial charge in [0, 0.05) is 13.5 Å². The number of carbonyl (C=O) groups excluding carboxylic acids is 1. The monoisotopic (exact) mass is 397 g/mol. The Morgan fingerprint density at radius 3 is 2.43 bits per heavy atom. The lowest BCUT2D eigenvalue weighted by Crippen LogP contribution is -2.21. The Kier molecular flexibility index (Phi) is 13.5. The van der Waals surface area contributed by atoms with Gasteiger partial charge in [0.2, 0.25) is 5.91 Å². The molecule has 0 heterocycles. The molecule has 0 spiro atoms. The van der Waals surface area contributed by atoms with Crippen molar-refractivity contribution in [3.8, 4) is 0 Å². The van der Waals surface area contributed by atoms with Gasteiger partial charge in [-0.2, -0.15) is 0 Å². The standard InChI is InChI=1S/C23H43NO4/c1-3-18(25)13-9-5-4-6-10-14-19-20(22(27)17-21(19)26)15-11-7-8-12-16-23(28)24-2/h7,11,18-22,25-27H,3-6,8-10,12-17H2,1-2H3,(H,24,28)/b11-7-/t18?,19?,20?,21-,22+/m1/s1. The molecular formula is C23H43NO4. The first-order valence-corrected chi connectivity index (χ1v) is 11.4. The molecule has 4 N–H and O–H groups in total. The minimum atomic E-state index is -0.411. The highest BCUT2D eigenvalue weighted by molar-refractivity contribution is 5.75. The smallest absolute Gasteiger partial charge is 0.219 e. The van der Waals surface area contributed by atoms with E-state index in [2.05, 4.69) is 17.5 Å². The van der Waals surface area contributed by atoms with Gasteiger partial charge in [-0.3, -0.25) is 4.79 Å². The van der Waals surface area contributed by atoms with Crippen LogP contribution in [-0.2, 0) is 4.79 Å². The number of aliphatic hydroxyl groups excluding tert-OH is 3. The Hall–Kier alpha value is -0.910. The van der Waals surface area contributed by atoms with E-state index in [1.54, 1.807) is 7.05 Å². The van der Waals surface area contributed by atoms with Crippen molar-refractivity contribution < 1.29 is 20.1 Å². The van der Waals surface area contributed by atoms with Gasteiger partial charge < -0.3 is 20.6 Å². The van der Waals surface area contributed by atoms with Crippen molar-refractivity contribution in [2.45, 2.75) is 109 Å². The van der Waals surface area contributed by atoms with Crippen molar-refractivity contribution in [3.05, 3.63) is 12.2 Å². The van der Waals surface area contributed by atoms with Gasteiger partial charge in [0.05, 0.1) is 18.3 Å². The van der Waals surface area contributed by atoms with Gasteiger partial charge in [-0.05, 0) is 56.8 Å². The summed E-state index contributed by atoms with van der Waals surface area (Å²) in [4.78, 5) is 11.2. The third-order valence-electron chi connectivity index (χ3n) is 6.20. The van der Waals surface area contributed by atoms with E-state index in [1.807, 2.05) is 6.92 Å². The normalized spacial score (nSPS) is 26.0. The molecular weight excluding hydrogens is 354 g/mol. The molecule has 0 aromatic rings. The lowest BCUT2D eigenvalue weighted by atomic mass is 9.86. The molecule has 5 atom stereocenters. The van der Waals surface area contributed by atoms with Crippen molar-refractivity contribution in [2.24, 2.45) is 11.8 Å². The quantitative estimate of drug-likeness (QED) is 0.250. The topological polar surface area (TPSA) is 89.8 Å². The number of rotatable bonds is 15. The lowest BCUT2D eigenvalue weighted by Gasteiger charge is -2.22. The molecule has 0 aliphatic heterocycles. The van der Waals surface area contributed by atoms with Crippen LogP contribution in [0.3, 0.4) is 0 Å². The highest BCUT2D eigenvalue weighted by Gasteiger charge is 2.40. The van der Waals surface area contributed by atoms with E-state index >= 15 is 0 Å². The number of allylic oxidation sites excluding steroid dienone is 2. The Balaban J connectivity index is 2.22. The van der Waals surface area contributed by atoms with E-state index < -0.39 is 6.10 Å². The van der Waals surface area contributed by atoms with Gasteiger partial charge in [-0.25, -0.2) is 0 Å². The number of carbonyl (C=O) groups is 1. The summed E-state index contributed by atoms with van der Waals surface area (Å²) in [5.41, 5.74) is 0. The molecule has 1 saturated carbocycles. The van der Waals surface area contributed by atoms with Gasteiger partial charge in [0.15, 0.2) is 0 Å². The SMILES string of the molecule is CCC(O)CCCCCCCC1C(C/C=C\CCCC(=O)NC)[C@@H](O)C[C@H]1O. The highest BCUT2D eigenvalue weighted by atomic mass is 16.3. The molecule has 0 radical (unpaired) electrons. The number of aliphatic hydroxyl groups is 3. The molecule has 1 rings (SSSR count). The molecule has 1 fully saturated rings. The zero-order valence-corrected chi connectivity index (χ0v) is 18.0. The van der Waals surface area contributed by atoms with E-state index in [4.69, 9.17) is 0 Å². The summed E-state index contributed by atoms with van der Waals surface area (Å²) in [6.45, 7) is 2.02. The van der Waals surface area contributed by atoms with Crippen molar-refractivity contribution >= 4 is 5.91 Å². The lowest BCUT2D eigenvalue weighted by molar-refractivity contribution is -0.120. The fraction of sp³-hybridized carbons (Fsp3) is 0.870. The van der Waals surface area contributed by atoms with E-state index in [0.717, 1.165) is 64.2 Å².